The Morgan fingerprint density at radius 1 is 0.650 bits per heavy atom. The smallest absolute Gasteiger partial charge is 1.00 e. The van der Waals surface area contributed by atoms with Gasteiger partial charge >= 0.3 is 26.2 Å². The molecule has 0 aliphatic heterocycles. The Labute approximate surface area is 272 Å². The molecule has 0 amide bonds. The Kier molecular flexibility index (Phi) is 11.3. The summed E-state index contributed by atoms with van der Waals surface area (Å²) in [4.78, 5) is 0. The zero-order valence-corrected chi connectivity index (χ0v) is 28.0. The third kappa shape index (κ3) is 5.57. The van der Waals surface area contributed by atoms with E-state index in [0.717, 1.165) is 15.9 Å². The molecule has 3 radical (unpaired) electrons. The summed E-state index contributed by atoms with van der Waals surface area (Å²) in [6.07, 6.45) is 3.52. The fourth-order valence-corrected chi connectivity index (χ4v) is 6.09. The van der Waals surface area contributed by atoms with Crippen molar-refractivity contribution in [3.8, 4) is 11.1 Å². The minimum absolute atomic E-state index is 0. The van der Waals surface area contributed by atoms with Gasteiger partial charge in [-0.05, 0) is 39.4 Å². The van der Waals surface area contributed by atoms with Crippen LogP contribution in [0.15, 0.2) is 115 Å². The fourth-order valence-electron chi connectivity index (χ4n) is 6.09. The molecular formula is C36H31Cl2SiZr. The van der Waals surface area contributed by atoms with Gasteiger partial charge < -0.3 is 24.8 Å². The maximum atomic E-state index is 2.47. The quantitative estimate of drug-likeness (QED) is 0.198. The van der Waals surface area contributed by atoms with Crippen molar-refractivity contribution in [2.24, 2.45) is 0 Å². The number of rotatable bonds is 3. The van der Waals surface area contributed by atoms with E-state index >= 15 is 0 Å². The van der Waals surface area contributed by atoms with Crippen molar-refractivity contribution < 1.29 is 51.0 Å². The number of hydrogen-bond donors (Lipinski definition) is 0. The molecule has 0 saturated carbocycles. The zero-order valence-electron chi connectivity index (χ0n) is 23.0. The van der Waals surface area contributed by atoms with Gasteiger partial charge in [-0.3, -0.25) is 0 Å². The van der Waals surface area contributed by atoms with Crippen LogP contribution in [0.4, 0.5) is 0 Å². The third-order valence-corrected chi connectivity index (χ3v) is 7.64. The third-order valence-electron chi connectivity index (χ3n) is 7.64. The first-order valence-electron chi connectivity index (χ1n) is 13.2. The molecular weight excluding hydrogens is 623 g/mol. The van der Waals surface area contributed by atoms with Gasteiger partial charge in [0.15, 0.2) is 0 Å². The van der Waals surface area contributed by atoms with Crippen molar-refractivity contribution in [1.82, 2.24) is 0 Å². The van der Waals surface area contributed by atoms with E-state index in [1.165, 1.54) is 65.7 Å². The van der Waals surface area contributed by atoms with Gasteiger partial charge in [-0.2, -0.15) is 0 Å². The molecule has 1 aliphatic carbocycles. The van der Waals surface area contributed by atoms with Crippen molar-refractivity contribution in [3.63, 3.8) is 0 Å². The minimum Gasteiger partial charge on any atom is -1.00 e. The molecule has 0 bridgehead atoms. The number of halogens is 2. The molecule has 1 unspecified atom stereocenters. The van der Waals surface area contributed by atoms with Crippen LogP contribution in [0.25, 0.3) is 49.5 Å². The van der Waals surface area contributed by atoms with Crippen LogP contribution in [0.2, 0.25) is 13.1 Å². The van der Waals surface area contributed by atoms with Crippen LogP contribution in [0.5, 0.6) is 0 Å². The first-order chi connectivity index (χ1) is 18.2. The summed E-state index contributed by atoms with van der Waals surface area (Å²) in [7, 11) is 1.08. The second kappa shape index (κ2) is 14.0. The van der Waals surface area contributed by atoms with E-state index in [2.05, 4.69) is 135 Å². The summed E-state index contributed by atoms with van der Waals surface area (Å²) < 4.78 is 0. The molecule has 1 aliphatic rings. The number of benzene rings is 5. The standard InChI is InChI=1S/C34H25.C2H6Si.2ClH.Zr/c1-2-22-20-32-29(27-15-7-12-23-10-3-5-13-25(23)27)17-9-19-30(32)34(22)31-18-8-16-28-26-14-6-4-11-24(26)21-33(28)31;1-3-2;;;/h3-21,34H,2H2,1H3;1-2H3;2*1H;/q-1;;;;+3/p-2. The van der Waals surface area contributed by atoms with Gasteiger partial charge in [0.05, 0.1) is 0 Å². The monoisotopic (exact) mass is 651 g/mol. The van der Waals surface area contributed by atoms with Gasteiger partial charge in [-0.25, -0.2) is 0 Å². The number of allylic oxidation sites excluding steroid dienone is 1. The van der Waals surface area contributed by atoms with Crippen LogP contribution in [0.1, 0.15) is 36.0 Å². The number of hydrogen-bond acceptors (Lipinski definition) is 0. The maximum absolute atomic E-state index is 2.47. The average molecular weight is 654 g/mol. The first kappa shape index (κ1) is 32.2. The second-order valence-electron chi connectivity index (χ2n) is 9.88. The second-order valence-corrected chi connectivity index (χ2v) is 10.9. The van der Waals surface area contributed by atoms with Crippen LogP contribution < -0.4 is 24.8 Å². The maximum Gasteiger partial charge on any atom is 3.00 e. The van der Waals surface area contributed by atoms with Gasteiger partial charge in [0.2, 0.25) is 0 Å². The molecule has 7 rings (SSSR count). The average Bonchev–Trinajstić information content (AvgIpc) is 3.51. The van der Waals surface area contributed by atoms with Crippen LogP contribution in [0, 0.1) is 0 Å². The molecule has 1 atom stereocenters. The molecule has 40 heavy (non-hydrogen) atoms. The Balaban J connectivity index is 0.000000706. The van der Waals surface area contributed by atoms with Crippen LogP contribution in [-0.2, 0) is 26.2 Å². The summed E-state index contributed by atoms with van der Waals surface area (Å²) in [6.45, 7) is 6.60. The van der Waals surface area contributed by atoms with Gasteiger partial charge in [-0.15, -0.1) is 33.7 Å². The molecule has 0 nitrogen and oxygen atoms in total. The van der Waals surface area contributed by atoms with E-state index in [4.69, 9.17) is 0 Å². The largest absolute Gasteiger partial charge is 3.00 e. The number of fused-ring (bicyclic) bond motifs is 5. The van der Waals surface area contributed by atoms with E-state index in [-0.39, 0.29) is 51.0 Å². The van der Waals surface area contributed by atoms with Crippen molar-refractivity contribution in [2.45, 2.75) is 32.4 Å². The summed E-state index contributed by atoms with van der Waals surface area (Å²) in [6, 6.07) is 40.3. The van der Waals surface area contributed by atoms with E-state index in [9.17, 15) is 0 Å². The van der Waals surface area contributed by atoms with E-state index in [0.29, 0.717) is 5.92 Å². The molecule has 6 aromatic carbocycles. The van der Waals surface area contributed by atoms with Crippen molar-refractivity contribution in [2.75, 3.05) is 0 Å². The molecule has 0 aromatic heterocycles. The van der Waals surface area contributed by atoms with Crippen molar-refractivity contribution in [3.05, 3.63) is 131 Å². The summed E-state index contributed by atoms with van der Waals surface area (Å²) >= 11 is 0. The molecule has 0 fully saturated rings. The summed E-state index contributed by atoms with van der Waals surface area (Å²) in [5, 5.41) is 8.04. The first-order valence-corrected chi connectivity index (χ1v) is 15.2. The molecule has 4 heteroatoms. The van der Waals surface area contributed by atoms with Gasteiger partial charge in [0.1, 0.15) is 0 Å². The molecule has 0 spiro atoms. The zero-order chi connectivity index (χ0) is 25.4. The Morgan fingerprint density at radius 2 is 1.23 bits per heavy atom. The van der Waals surface area contributed by atoms with E-state index in [1.807, 2.05) is 0 Å². The molecule has 0 heterocycles. The van der Waals surface area contributed by atoms with Gasteiger partial charge in [-0.1, -0.05) is 134 Å². The molecule has 6 aromatic rings. The summed E-state index contributed by atoms with van der Waals surface area (Å²) in [5.74, 6) is 0.301. The Bertz CT molecular complexity index is 1780. The SMILES string of the molecule is CCC1=Cc2c(-c3cccc4ccccc34)cccc2C1c1cccc2c1[cH-]c1ccccc12.C[Si]C.[Cl-].[Cl-].[Zr+3]. The topological polar surface area (TPSA) is 0 Å². The molecule has 0 N–H and O–H groups in total. The van der Waals surface area contributed by atoms with Crippen LogP contribution in [-0.4, -0.2) is 9.52 Å². The van der Waals surface area contributed by atoms with Crippen LogP contribution >= 0.6 is 0 Å². The fraction of sp³-hybridized carbons (Fsp3) is 0.139. The normalized spacial score (nSPS) is 13.4. The van der Waals surface area contributed by atoms with Crippen LogP contribution in [0.3, 0.4) is 0 Å². The van der Waals surface area contributed by atoms with Gasteiger partial charge in [0.25, 0.3) is 0 Å². The molecule has 197 valence electrons. The predicted octanol–water partition coefficient (Wildman–Crippen LogP) is 4.26. The van der Waals surface area contributed by atoms with E-state index < -0.39 is 0 Å². The van der Waals surface area contributed by atoms with E-state index in [1.54, 1.807) is 0 Å². The van der Waals surface area contributed by atoms with Gasteiger partial charge in [0, 0.05) is 15.4 Å². The minimum atomic E-state index is 0. The summed E-state index contributed by atoms with van der Waals surface area (Å²) in [5.41, 5.74) is 8.40. The molecule has 0 saturated heterocycles. The Morgan fingerprint density at radius 3 is 2.00 bits per heavy atom. The van der Waals surface area contributed by atoms with Crippen molar-refractivity contribution >= 4 is 47.9 Å². The predicted molar refractivity (Wildman–Crippen MR) is 164 cm³/mol. The van der Waals surface area contributed by atoms with Crippen molar-refractivity contribution in [1.29, 1.82) is 0 Å². The Hall–Kier alpha value is -2.35.